The molecule has 0 radical (unpaired) electrons. The van der Waals surface area contributed by atoms with E-state index in [-0.39, 0.29) is 35.0 Å². The van der Waals surface area contributed by atoms with Crippen molar-refractivity contribution >= 4 is 29.2 Å². The summed E-state index contributed by atoms with van der Waals surface area (Å²) in [5, 5.41) is 8.66. The first-order valence-electron chi connectivity index (χ1n) is 10.2. The molecule has 0 bridgehead atoms. The van der Waals surface area contributed by atoms with Gasteiger partial charge in [0.2, 0.25) is 11.9 Å². The highest BCUT2D eigenvalue weighted by Gasteiger charge is 2.31. The summed E-state index contributed by atoms with van der Waals surface area (Å²) < 4.78 is 81.7. The Bertz CT molecular complexity index is 1340. The van der Waals surface area contributed by atoms with Crippen molar-refractivity contribution in [2.75, 3.05) is 23.0 Å². The maximum absolute atomic E-state index is 13.1. The van der Waals surface area contributed by atoms with Crippen molar-refractivity contribution in [2.45, 2.75) is 12.5 Å². The number of anilines is 5. The molecule has 0 fully saturated rings. The maximum Gasteiger partial charge on any atom is 0.573 e. The lowest BCUT2D eigenvalue weighted by atomic mass is 10.2. The molecule has 2 heterocycles. The van der Waals surface area contributed by atoms with Crippen LogP contribution in [0.2, 0.25) is 0 Å². The van der Waals surface area contributed by atoms with Crippen molar-refractivity contribution in [1.29, 1.82) is 0 Å². The minimum atomic E-state index is -4.80. The zero-order valence-corrected chi connectivity index (χ0v) is 18.3. The number of hydrogen-bond donors (Lipinski definition) is 3. The summed E-state index contributed by atoms with van der Waals surface area (Å²) in [6.45, 7) is 0. The molecule has 0 aliphatic heterocycles. The third kappa shape index (κ3) is 6.14. The lowest BCUT2D eigenvalue weighted by molar-refractivity contribution is -0.274. The highest BCUT2D eigenvalue weighted by Crippen LogP contribution is 2.31. The van der Waals surface area contributed by atoms with E-state index in [4.69, 9.17) is 0 Å². The third-order valence-electron chi connectivity index (χ3n) is 4.64. The van der Waals surface area contributed by atoms with E-state index in [1.807, 2.05) is 0 Å². The molecule has 0 atom stereocenters. The molecule has 4 rings (SSSR count). The molecule has 36 heavy (non-hydrogen) atoms. The van der Waals surface area contributed by atoms with Gasteiger partial charge in [0.1, 0.15) is 17.4 Å². The number of imidazole rings is 1. The summed E-state index contributed by atoms with van der Waals surface area (Å²) >= 11 is 0. The second kappa shape index (κ2) is 9.64. The number of nitrogens with zero attached hydrogens (tertiary/aromatic N) is 4. The monoisotopic (exact) mass is 509 g/mol. The molecule has 188 valence electrons. The lowest BCUT2D eigenvalue weighted by Gasteiger charge is -2.14. The third-order valence-corrected chi connectivity index (χ3v) is 4.64. The zero-order valence-electron chi connectivity index (χ0n) is 18.3. The predicted octanol–water partition coefficient (Wildman–Crippen LogP) is 6.11. The first-order valence-corrected chi connectivity index (χ1v) is 10.2. The Hall–Kier alpha value is -4.49. The zero-order chi connectivity index (χ0) is 25.9. The summed E-state index contributed by atoms with van der Waals surface area (Å²) in [5.41, 5.74) is -0.161. The Labute approximate surface area is 200 Å². The van der Waals surface area contributed by atoms with Crippen molar-refractivity contribution in [3.63, 3.8) is 0 Å². The van der Waals surface area contributed by atoms with Gasteiger partial charge in [-0.1, -0.05) is 6.07 Å². The molecule has 4 aromatic rings. The number of aromatic nitrogens is 4. The molecule has 2 aromatic carbocycles. The molecular weight excluding hydrogens is 492 g/mol. The van der Waals surface area contributed by atoms with Crippen LogP contribution in [0.4, 0.5) is 55.6 Å². The van der Waals surface area contributed by atoms with Gasteiger partial charge in [-0.05, 0) is 42.5 Å². The SMILES string of the molecule is CNc1nc(Nc2ccc(OC(F)(F)F)cc2)cc(Nc2nccn2-c2cccc(C(F)(F)F)c2)n1. The van der Waals surface area contributed by atoms with Crippen LogP contribution in [0, 0.1) is 0 Å². The van der Waals surface area contributed by atoms with Crippen LogP contribution >= 0.6 is 0 Å². The van der Waals surface area contributed by atoms with E-state index in [9.17, 15) is 26.3 Å². The molecule has 14 heteroatoms. The number of benzene rings is 2. The molecule has 8 nitrogen and oxygen atoms in total. The Morgan fingerprint density at radius 3 is 2.19 bits per heavy atom. The summed E-state index contributed by atoms with van der Waals surface area (Å²) in [7, 11) is 1.58. The van der Waals surface area contributed by atoms with E-state index in [1.165, 1.54) is 47.3 Å². The summed E-state index contributed by atoms with van der Waals surface area (Å²) in [4.78, 5) is 12.7. The molecule has 0 aliphatic rings. The Kier molecular flexibility index (Phi) is 6.59. The van der Waals surface area contributed by atoms with Crippen molar-refractivity contribution in [2.24, 2.45) is 0 Å². The average molecular weight is 509 g/mol. The molecule has 2 aromatic heterocycles. The number of rotatable bonds is 7. The number of nitrogens with one attached hydrogen (secondary N) is 3. The molecule has 0 spiro atoms. The average Bonchev–Trinajstić information content (AvgIpc) is 3.27. The van der Waals surface area contributed by atoms with Crippen LogP contribution in [0.3, 0.4) is 0 Å². The van der Waals surface area contributed by atoms with E-state index >= 15 is 0 Å². The van der Waals surface area contributed by atoms with Crippen molar-refractivity contribution in [1.82, 2.24) is 19.5 Å². The van der Waals surface area contributed by atoms with Gasteiger partial charge in [0.05, 0.1) is 5.56 Å². The van der Waals surface area contributed by atoms with Crippen molar-refractivity contribution < 1.29 is 31.1 Å². The van der Waals surface area contributed by atoms with E-state index in [1.54, 1.807) is 7.05 Å². The maximum atomic E-state index is 13.1. The number of hydrogen-bond acceptors (Lipinski definition) is 7. The fraction of sp³-hybridized carbons (Fsp3) is 0.136. The smallest absolute Gasteiger partial charge is 0.406 e. The van der Waals surface area contributed by atoms with Crippen LogP contribution in [-0.2, 0) is 6.18 Å². The predicted molar refractivity (Wildman–Crippen MR) is 120 cm³/mol. The van der Waals surface area contributed by atoms with Crippen molar-refractivity contribution in [3.8, 4) is 11.4 Å². The van der Waals surface area contributed by atoms with Gasteiger partial charge < -0.3 is 20.7 Å². The highest BCUT2D eigenvalue weighted by atomic mass is 19.4. The van der Waals surface area contributed by atoms with Crippen LogP contribution in [0.1, 0.15) is 5.56 Å². The van der Waals surface area contributed by atoms with Gasteiger partial charge in [-0.15, -0.1) is 13.2 Å². The molecule has 0 unspecified atom stereocenters. The van der Waals surface area contributed by atoms with Crippen LogP contribution in [0.15, 0.2) is 67.0 Å². The lowest BCUT2D eigenvalue weighted by Crippen LogP contribution is -2.17. The molecular formula is C22H17F6N7O. The van der Waals surface area contributed by atoms with Crippen LogP contribution in [-0.4, -0.2) is 32.9 Å². The van der Waals surface area contributed by atoms with E-state index in [0.29, 0.717) is 5.69 Å². The largest absolute Gasteiger partial charge is 0.573 e. The van der Waals surface area contributed by atoms with Gasteiger partial charge in [-0.3, -0.25) is 4.57 Å². The van der Waals surface area contributed by atoms with Crippen LogP contribution < -0.4 is 20.7 Å². The van der Waals surface area contributed by atoms with Gasteiger partial charge in [0.25, 0.3) is 0 Å². The Balaban J connectivity index is 1.57. The summed E-state index contributed by atoms with van der Waals surface area (Å²) in [6, 6.07) is 11.3. The fourth-order valence-electron chi connectivity index (χ4n) is 3.13. The molecule has 0 amide bonds. The van der Waals surface area contributed by atoms with Gasteiger partial charge in [-0.2, -0.15) is 23.1 Å². The van der Waals surface area contributed by atoms with Crippen molar-refractivity contribution in [3.05, 3.63) is 72.6 Å². The van der Waals surface area contributed by atoms with Gasteiger partial charge in [0, 0.05) is 36.9 Å². The normalized spacial score (nSPS) is 11.8. The quantitative estimate of drug-likeness (QED) is 0.259. The van der Waals surface area contributed by atoms with Gasteiger partial charge in [-0.25, -0.2) is 4.98 Å². The van der Waals surface area contributed by atoms with E-state index in [0.717, 1.165) is 24.3 Å². The topological polar surface area (TPSA) is 88.9 Å². The molecule has 3 N–H and O–H groups in total. The summed E-state index contributed by atoms with van der Waals surface area (Å²) in [5.74, 6) is 0.522. The molecule has 0 saturated heterocycles. The number of ether oxygens (including phenoxy) is 1. The minimum Gasteiger partial charge on any atom is -0.406 e. The second-order valence-corrected chi connectivity index (χ2v) is 7.20. The van der Waals surface area contributed by atoms with E-state index < -0.39 is 18.1 Å². The second-order valence-electron chi connectivity index (χ2n) is 7.20. The van der Waals surface area contributed by atoms with Gasteiger partial charge in [0.15, 0.2) is 0 Å². The van der Waals surface area contributed by atoms with Crippen LogP contribution in [0.25, 0.3) is 5.69 Å². The summed E-state index contributed by atoms with van der Waals surface area (Å²) in [6.07, 6.45) is -6.41. The first-order chi connectivity index (χ1) is 17.0. The Morgan fingerprint density at radius 2 is 1.56 bits per heavy atom. The Morgan fingerprint density at radius 1 is 0.861 bits per heavy atom. The van der Waals surface area contributed by atoms with Gasteiger partial charge >= 0.3 is 12.5 Å². The van der Waals surface area contributed by atoms with Crippen LogP contribution in [0.5, 0.6) is 5.75 Å². The standard InChI is InChI=1S/C22H17F6N7O/c1-29-19-32-17(31-14-5-7-16(8-6-14)36-22(26,27)28)12-18(33-19)34-20-30-9-10-35(20)15-4-2-3-13(11-15)21(23,24)25/h2-12H,1H3,(H3,29,30,31,32,33,34). The highest BCUT2D eigenvalue weighted by molar-refractivity contribution is 5.64. The first kappa shape index (κ1) is 24.6. The molecule has 0 saturated carbocycles. The molecule has 0 aliphatic carbocycles. The minimum absolute atomic E-state index is 0.190. The van der Waals surface area contributed by atoms with E-state index in [2.05, 4.69) is 35.6 Å². The number of halogens is 6. The number of alkyl halides is 6. The fourth-order valence-corrected chi connectivity index (χ4v) is 3.13.